The van der Waals surface area contributed by atoms with Crippen molar-refractivity contribution in [2.45, 2.75) is 20.0 Å². The second-order valence-electron chi connectivity index (χ2n) is 5.26. The number of ether oxygens (including phenoxy) is 1. The smallest absolute Gasteiger partial charge is 0.405 e. The van der Waals surface area contributed by atoms with Crippen LogP contribution in [0.15, 0.2) is 57.9 Å². The van der Waals surface area contributed by atoms with Gasteiger partial charge in [-0.1, -0.05) is 19.1 Å². The number of carbonyl (C=O) groups excluding carboxylic acids is 1. The molecule has 1 aromatic carbocycles. The fourth-order valence-corrected chi connectivity index (χ4v) is 2.42. The Hall–Kier alpha value is -3.15. The summed E-state index contributed by atoms with van der Waals surface area (Å²) in [6, 6.07) is 11.3. The standard InChI is InChI=1S/C18H15NO5/c1-2-12-6-7-14-13(10-17(20)24-16(14)9-12)11-23-18(21)15-5-3-4-8-19(15)22/h3-10H,2,11H2,1H3. The molecule has 0 saturated heterocycles. The first kappa shape index (κ1) is 15.7. The molecule has 0 aliphatic rings. The molecule has 6 nitrogen and oxygen atoms in total. The fourth-order valence-electron chi connectivity index (χ4n) is 2.42. The minimum atomic E-state index is -0.753. The van der Waals surface area contributed by atoms with Gasteiger partial charge in [-0.15, -0.1) is 0 Å². The summed E-state index contributed by atoms with van der Waals surface area (Å²) < 4.78 is 10.8. The quantitative estimate of drug-likeness (QED) is 0.318. The lowest BCUT2D eigenvalue weighted by molar-refractivity contribution is -0.608. The normalized spacial score (nSPS) is 10.7. The summed E-state index contributed by atoms with van der Waals surface area (Å²) in [4.78, 5) is 23.7. The van der Waals surface area contributed by atoms with Crippen LogP contribution in [-0.2, 0) is 17.8 Å². The van der Waals surface area contributed by atoms with E-state index in [9.17, 15) is 14.8 Å². The maximum Gasteiger partial charge on any atom is 0.405 e. The Balaban J connectivity index is 1.89. The highest BCUT2D eigenvalue weighted by atomic mass is 16.5. The number of esters is 1. The van der Waals surface area contributed by atoms with E-state index in [1.165, 1.54) is 24.4 Å². The topological polar surface area (TPSA) is 83.5 Å². The third-order valence-corrected chi connectivity index (χ3v) is 3.69. The van der Waals surface area contributed by atoms with E-state index in [1.54, 1.807) is 12.1 Å². The van der Waals surface area contributed by atoms with E-state index in [0.717, 1.165) is 12.0 Å². The Morgan fingerprint density at radius 2 is 2.08 bits per heavy atom. The van der Waals surface area contributed by atoms with Gasteiger partial charge in [-0.2, -0.15) is 4.73 Å². The molecule has 6 heteroatoms. The number of pyridine rings is 1. The van der Waals surface area contributed by atoms with E-state index in [-0.39, 0.29) is 12.3 Å². The number of hydrogen-bond acceptors (Lipinski definition) is 5. The zero-order valence-corrected chi connectivity index (χ0v) is 13.0. The van der Waals surface area contributed by atoms with E-state index >= 15 is 0 Å². The van der Waals surface area contributed by atoms with Crippen molar-refractivity contribution >= 4 is 16.9 Å². The minimum Gasteiger partial charge on any atom is -0.618 e. The molecule has 0 aliphatic carbocycles. The molecule has 122 valence electrons. The van der Waals surface area contributed by atoms with Crippen molar-refractivity contribution in [2.75, 3.05) is 0 Å². The molecule has 3 rings (SSSR count). The van der Waals surface area contributed by atoms with Gasteiger partial charge in [0, 0.05) is 29.1 Å². The van der Waals surface area contributed by atoms with Crippen molar-refractivity contribution in [3.8, 4) is 0 Å². The maximum absolute atomic E-state index is 12.0. The minimum absolute atomic E-state index is 0.113. The van der Waals surface area contributed by atoms with E-state index in [0.29, 0.717) is 21.3 Å². The molecule has 2 aromatic heterocycles. The molecule has 0 unspecified atom stereocenters. The van der Waals surface area contributed by atoms with Gasteiger partial charge >= 0.3 is 17.3 Å². The van der Waals surface area contributed by atoms with E-state index in [2.05, 4.69) is 0 Å². The molecule has 3 aromatic rings. The molecule has 0 radical (unpaired) electrons. The van der Waals surface area contributed by atoms with Crippen molar-refractivity contribution in [3.63, 3.8) is 0 Å². The Morgan fingerprint density at radius 1 is 1.25 bits per heavy atom. The largest absolute Gasteiger partial charge is 0.618 e. The molecule has 0 amide bonds. The molecular formula is C18H15NO5. The van der Waals surface area contributed by atoms with Gasteiger partial charge in [0.2, 0.25) is 0 Å². The monoisotopic (exact) mass is 325 g/mol. The molecule has 0 bridgehead atoms. The van der Waals surface area contributed by atoms with Gasteiger partial charge in [0.05, 0.1) is 0 Å². The first-order valence-corrected chi connectivity index (χ1v) is 7.49. The van der Waals surface area contributed by atoms with E-state index in [4.69, 9.17) is 9.15 Å². The fraction of sp³-hybridized carbons (Fsp3) is 0.167. The summed E-state index contributed by atoms with van der Waals surface area (Å²) >= 11 is 0. The second-order valence-corrected chi connectivity index (χ2v) is 5.26. The van der Waals surface area contributed by atoms with Crippen molar-refractivity contribution in [3.05, 3.63) is 81.1 Å². The predicted molar refractivity (Wildman–Crippen MR) is 86.4 cm³/mol. The highest BCUT2D eigenvalue weighted by molar-refractivity contribution is 5.86. The summed E-state index contributed by atoms with van der Waals surface area (Å²) in [6.07, 6.45) is 2.03. The Labute approximate surface area is 137 Å². The third-order valence-electron chi connectivity index (χ3n) is 3.69. The lowest BCUT2D eigenvalue weighted by atomic mass is 10.1. The van der Waals surface area contributed by atoms with Crippen LogP contribution in [0.1, 0.15) is 28.5 Å². The van der Waals surface area contributed by atoms with Crippen molar-refractivity contribution in [1.29, 1.82) is 0 Å². The molecule has 0 N–H and O–H groups in total. The van der Waals surface area contributed by atoms with Crippen LogP contribution in [0.2, 0.25) is 0 Å². The maximum atomic E-state index is 12.0. The Kier molecular flexibility index (Phi) is 4.29. The number of aromatic nitrogens is 1. The molecule has 24 heavy (non-hydrogen) atoms. The summed E-state index contributed by atoms with van der Waals surface area (Å²) in [6.45, 7) is 1.88. The zero-order chi connectivity index (χ0) is 17.1. The van der Waals surface area contributed by atoms with E-state index < -0.39 is 11.6 Å². The predicted octanol–water partition coefficient (Wildman–Crippen LogP) is 2.35. The van der Waals surface area contributed by atoms with Crippen LogP contribution >= 0.6 is 0 Å². The highest BCUT2D eigenvalue weighted by Gasteiger charge is 2.17. The number of rotatable bonds is 4. The summed E-state index contributed by atoms with van der Waals surface area (Å²) in [7, 11) is 0. The molecule has 0 fully saturated rings. The number of benzene rings is 1. The third kappa shape index (κ3) is 3.12. The zero-order valence-electron chi connectivity index (χ0n) is 13.0. The van der Waals surface area contributed by atoms with Gasteiger partial charge in [0.25, 0.3) is 0 Å². The highest BCUT2D eigenvalue weighted by Crippen LogP contribution is 2.20. The average molecular weight is 325 g/mol. The van der Waals surface area contributed by atoms with Gasteiger partial charge in [-0.3, -0.25) is 0 Å². The van der Waals surface area contributed by atoms with Crippen LogP contribution < -0.4 is 10.4 Å². The summed E-state index contributed by atoms with van der Waals surface area (Å²) in [5.74, 6) is -0.753. The molecular weight excluding hydrogens is 310 g/mol. The van der Waals surface area contributed by atoms with Crippen molar-refractivity contribution in [1.82, 2.24) is 0 Å². The molecule has 0 atom stereocenters. The van der Waals surface area contributed by atoms with Gasteiger partial charge < -0.3 is 14.4 Å². The first-order chi connectivity index (χ1) is 11.6. The van der Waals surface area contributed by atoms with Crippen LogP contribution in [0.5, 0.6) is 0 Å². The Bertz CT molecular complexity index is 961. The van der Waals surface area contributed by atoms with Crippen LogP contribution in [0.25, 0.3) is 11.0 Å². The number of aryl methyl sites for hydroxylation is 1. The van der Waals surface area contributed by atoms with Crippen LogP contribution in [-0.4, -0.2) is 5.97 Å². The first-order valence-electron chi connectivity index (χ1n) is 7.49. The number of fused-ring (bicyclic) bond motifs is 1. The van der Waals surface area contributed by atoms with Gasteiger partial charge in [0.15, 0.2) is 6.20 Å². The van der Waals surface area contributed by atoms with Crippen molar-refractivity contribution in [2.24, 2.45) is 0 Å². The summed E-state index contributed by atoms with van der Waals surface area (Å²) in [5, 5.41) is 12.3. The summed E-state index contributed by atoms with van der Waals surface area (Å²) in [5.41, 5.74) is 1.40. The van der Waals surface area contributed by atoms with Gasteiger partial charge in [0.1, 0.15) is 12.2 Å². The Morgan fingerprint density at radius 3 is 2.83 bits per heavy atom. The molecule has 0 spiro atoms. The van der Waals surface area contributed by atoms with Crippen LogP contribution in [0.3, 0.4) is 0 Å². The van der Waals surface area contributed by atoms with Gasteiger partial charge in [-0.05, 0) is 24.1 Å². The lowest BCUT2D eigenvalue weighted by Crippen LogP contribution is -2.34. The number of hydrogen-bond donors (Lipinski definition) is 0. The number of nitrogens with zero attached hydrogens (tertiary/aromatic N) is 1. The van der Waals surface area contributed by atoms with Crippen molar-refractivity contribution < 1.29 is 18.7 Å². The number of carbonyl (C=O) groups is 1. The van der Waals surface area contributed by atoms with E-state index in [1.807, 2.05) is 19.1 Å². The van der Waals surface area contributed by atoms with Crippen LogP contribution in [0.4, 0.5) is 0 Å². The molecule has 0 aliphatic heterocycles. The lowest BCUT2D eigenvalue weighted by Gasteiger charge is -2.08. The molecule has 0 saturated carbocycles. The molecule has 2 heterocycles. The van der Waals surface area contributed by atoms with Gasteiger partial charge in [-0.25, -0.2) is 9.59 Å². The average Bonchev–Trinajstić information content (AvgIpc) is 2.59. The van der Waals surface area contributed by atoms with Crippen LogP contribution in [0, 0.1) is 5.21 Å². The SMILES string of the molecule is CCc1ccc2c(COC(=O)c3cccc[n+]3[O-])cc(=O)oc2c1. The second kappa shape index (κ2) is 6.54.